The first-order valence-corrected chi connectivity index (χ1v) is 7.67. The summed E-state index contributed by atoms with van der Waals surface area (Å²) < 4.78 is 5.23. The van der Waals surface area contributed by atoms with Gasteiger partial charge >= 0.3 is 11.6 Å². The molecule has 1 aliphatic rings. The molecule has 1 fully saturated rings. The fraction of sp³-hybridized carbons (Fsp3) is 0.294. The highest BCUT2D eigenvalue weighted by Gasteiger charge is 2.33. The average molecular weight is 344 g/mol. The lowest BCUT2D eigenvalue weighted by atomic mass is 10.0. The quantitative estimate of drug-likeness (QED) is 0.503. The van der Waals surface area contributed by atoms with Crippen molar-refractivity contribution in [3.8, 4) is 0 Å². The molecule has 1 aromatic heterocycles. The fourth-order valence-corrected chi connectivity index (χ4v) is 2.70. The van der Waals surface area contributed by atoms with Gasteiger partial charge in [-0.25, -0.2) is 9.59 Å². The topological polar surface area (TPSA) is 120 Å². The van der Waals surface area contributed by atoms with Gasteiger partial charge in [-0.3, -0.25) is 9.59 Å². The first-order chi connectivity index (χ1) is 11.8. The van der Waals surface area contributed by atoms with Gasteiger partial charge in [-0.1, -0.05) is 0 Å². The zero-order chi connectivity index (χ0) is 18.3. The maximum absolute atomic E-state index is 12.2. The molecule has 0 spiro atoms. The van der Waals surface area contributed by atoms with Gasteiger partial charge in [0.2, 0.25) is 0 Å². The number of nitrogen functional groups attached to an aromatic ring is 1. The summed E-state index contributed by atoms with van der Waals surface area (Å²) in [5.74, 6) is -2.04. The SMILES string of the molecule is Cc1cc2c(C)c(CC(=O)ON3C(=O)CCC3=O)c(=O)oc2cc1N. The molecule has 2 heterocycles. The van der Waals surface area contributed by atoms with Crippen molar-refractivity contribution in [3.63, 3.8) is 0 Å². The summed E-state index contributed by atoms with van der Waals surface area (Å²) >= 11 is 0. The number of hydroxylamine groups is 2. The van der Waals surface area contributed by atoms with Crippen molar-refractivity contribution < 1.29 is 23.6 Å². The Hall–Kier alpha value is -3.16. The van der Waals surface area contributed by atoms with E-state index in [1.54, 1.807) is 19.1 Å². The van der Waals surface area contributed by atoms with Crippen molar-refractivity contribution in [1.82, 2.24) is 5.06 Å². The summed E-state index contributed by atoms with van der Waals surface area (Å²) in [5, 5.41) is 1.10. The Morgan fingerprint density at radius 3 is 2.48 bits per heavy atom. The lowest BCUT2D eigenvalue weighted by Crippen LogP contribution is -2.33. The third-order valence-electron chi connectivity index (χ3n) is 4.19. The standard InChI is InChI=1S/C17H16N2O6/c1-8-5-10-9(2)11(17(23)24-13(10)7-12(8)18)6-16(22)25-19-14(20)3-4-15(19)21/h5,7H,3-4,6,18H2,1-2H3. The van der Waals surface area contributed by atoms with E-state index in [0.29, 0.717) is 27.3 Å². The second-order valence-corrected chi connectivity index (χ2v) is 5.92. The van der Waals surface area contributed by atoms with E-state index in [1.165, 1.54) is 0 Å². The number of fused-ring (bicyclic) bond motifs is 1. The van der Waals surface area contributed by atoms with E-state index in [2.05, 4.69) is 0 Å². The predicted molar refractivity (Wildman–Crippen MR) is 87.3 cm³/mol. The van der Waals surface area contributed by atoms with Gasteiger partial charge in [0.05, 0.1) is 12.0 Å². The number of carbonyl (C=O) groups is 3. The van der Waals surface area contributed by atoms with Crippen molar-refractivity contribution >= 4 is 34.4 Å². The van der Waals surface area contributed by atoms with Crippen LogP contribution in [0.3, 0.4) is 0 Å². The number of aryl methyl sites for hydroxylation is 2. The Kier molecular flexibility index (Phi) is 4.03. The molecule has 8 nitrogen and oxygen atoms in total. The van der Waals surface area contributed by atoms with Crippen LogP contribution in [0.1, 0.15) is 29.5 Å². The second kappa shape index (κ2) is 6.04. The molecule has 2 N–H and O–H groups in total. The number of rotatable bonds is 3. The summed E-state index contributed by atoms with van der Waals surface area (Å²) in [7, 11) is 0. The lowest BCUT2D eigenvalue weighted by Gasteiger charge is -2.13. The number of hydrogen-bond donors (Lipinski definition) is 1. The smallest absolute Gasteiger partial charge is 0.340 e. The molecular formula is C17H16N2O6. The highest BCUT2D eigenvalue weighted by molar-refractivity contribution is 6.01. The molecule has 0 aliphatic carbocycles. The second-order valence-electron chi connectivity index (χ2n) is 5.92. The van der Waals surface area contributed by atoms with E-state index in [4.69, 9.17) is 15.0 Å². The highest BCUT2D eigenvalue weighted by atomic mass is 16.7. The van der Waals surface area contributed by atoms with Gasteiger partial charge in [0, 0.05) is 30.0 Å². The van der Waals surface area contributed by atoms with Crippen LogP contribution in [-0.2, 0) is 25.6 Å². The Morgan fingerprint density at radius 1 is 1.20 bits per heavy atom. The molecule has 2 amide bonds. The number of anilines is 1. The molecule has 3 rings (SSSR count). The maximum atomic E-state index is 12.2. The molecule has 0 bridgehead atoms. The summed E-state index contributed by atoms with van der Waals surface area (Å²) in [6.07, 6.45) is -0.404. The van der Waals surface area contributed by atoms with Crippen LogP contribution >= 0.6 is 0 Å². The normalized spacial score (nSPS) is 14.4. The summed E-state index contributed by atoms with van der Waals surface area (Å²) in [6, 6.07) is 3.33. The zero-order valence-electron chi connectivity index (χ0n) is 13.8. The molecule has 8 heteroatoms. The third kappa shape index (κ3) is 2.98. The molecule has 1 aliphatic heterocycles. The monoisotopic (exact) mass is 344 g/mol. The highest BCUT2D eigenvalue weighted by Crippen LogP contribution is 2.25. The average Bonchev–Trinajstić information content (AvgIpc) is 2.85. The van der Waals surface area contributed by atoms with Crippen LogP contribution in [0.5, 0.6) is 0 Å². The minimum atomic E-state index is -0.884. The molecule has 1 aromatic carbocycles. The van der Waals surface area contributed by atoms with Crippen LogP contribution in [0.15, 0.2) is 21.3 Å². The molecule has 1 saturated heterocycles. The molecule has 25 heavy (non-hydrogen) atoms. The largest absolute Gasteiger partial charge is 0.422 e. The molecule has 0 radical (unpaired) electrons. The van der Waals surface area contributed by atoms with Crippen LogP contribution in [0.4, 0.5) is 5.69 Å². The van der Waals surface area contributed by atoms with E-state index in [9.17, 15) is 19.2 Å². The Labute approximate surface area is 142 Å². The minimum Gasteiger partial charge on any atom is -0.422 e. The number of hydrogen-bond acceptors (Lipinski definition) is 7. The molecule has 0 unspecified atom stereocenters. The van der Waals surface area contributed by atoms with Crippen LogP contribution in [-0.4, -0.2) is 22.8 Å². The van der Waals surface area contributed by atoms with Crippen LogP contribution in [0.25, 0.3) is 11.0 Å². The molecule has 0 saturated carbocycles. The molecule has 0 atom stereocenters. The van der Waals surface area contributed by atoms with E-state index in [-0.39, 0.29) is 18.4 Å². The van der Waals surface area contributed by atoms with Gasteiger partial charge in [0.1, 0.15) is 5.58 Å². The number of benzene rings is 1. The number of nitrogens with two attached hydrogens (primary N) is 1. The minimum absolute atomic E-state index is 0.00392. The maximum Gasteiger partial charge on any atom is 0.340 e. The van der Waals surface area contributed by atoms with E-state index in [1.807, 2.05) is 6.92 Å². The van der Waals surface area contributed by atoms with Crippen molar-refractivity contribution in [2.75, 3.05) is 5.73 Å². The molecule has 2 aromatic rings. The van der Waals surface area contributed by atoms with Gasteiger partial charge in [-0.15, -0.1) is 5.06 Å². The predicted octanol–water partition coefficient (Wildman–Crippen LogP) is 1.14. The Bertz CT molecular complexity index is 959. The van der Waals surface area contributed by atoms with Crippen LogP contribution in [0.2, 0.25) is 0 Å². The van der Waals surface area contributed by atoms with E-state index in [0.717, 1.165) is 5.56 Å². The van der Waals surface area contributed by atoms with Gasteiger partial charge in [0.25, 0.3) is 11.8 Å². The van der Waals surface area contributed by atoms with Crippen LogP contribution in [0, 0.1) is 13.8 Å². The fourth-order valence-electron chi connectivity index (χ4n) is 2.70. The van der Waals surface area contributed by atoms with Gasteiger partial charge in [-0.2, -0.15) is 0 Å². The number of nitrogens with zero attached hydrogens (tertiary/aromatic N) is 1. The lowest BCUT2D eigenvalue weighted by molar-refractivity contribution is -0.197. The Morgan fingerprint density at radius 2 is 1.84 bits per heavy atom. The van der Waals surface area contributed by atoms with Gasteiger partial charge < -0.3 is 15.0 Å². The summed E-state index contributed by atoms with van der Waals surface area (Å²) in [5.41, 5.74) is 7.43. The van der Waals surface area contributed by atoms with Crippen molar-refractivity contribution in [3.05, 3.63) is 39.2 Å². The third-order valence-corrected chi connectivity index (χ3v) is 4.19. The Balaban J connectivity index is 1.92. The van der Waals surface area contributed by atoms with E-state index >= 15 is 0 Å². The number of imide groups is 1. The number of amides is 2. The first-order valence-electron chi connectivity index (χ1n) is 7.67. The van der Waals surface area contributed by atoms with Crippen LogP contribution < -0.4 is 11.4 Å². The molecule has 130 valence electrons. The first kappa shape index (κ1) is 16.7. The zero-order valence-corrected chi connectivity index (χ0v) is 13.8. The number of carbonyl (C=O) groups excluding carboxylic acids is 3. The van der Waals surface area contributed by atoms with Gasteiger partial charge in [0.15, 0.2) is 0 Å². The van der Waals surface area contributed by atoms with Gasteiger partial charge in [-0.05, 0) is 31.0 Å². The van der Waals surface area contributed by atoms with Crippen molar-refractivity contribution in [1.29, 1.82) is 0 Å². The van der Waals surface area contributed by atoms with Crippen molar-refractivity contribution in [2.24, 2.45) is 0 Å². The van der Waals surface area contributed by atoms with Crippen molar-refractivity contribution in [2.45, 2.75) is 33.1 Å². The summed E-state index contributed by atoms with van der Waals surface area (Å²) in [4.78, 5) is 52.0. The molecular weight excluding hydrogens is 328 g/mol. The van der Waals surface area contributed by atoms with E-state index < -0.39 is 29.8 Å². The summed E-state index contributed by atoms with van der Waals surface area (Å²) in [6.45, 7) is 3.50.